The van der Waals surface area contributed by atoms with E-state index in [0.29, 0.717) is 0 Å². The van der Waals surface area contributed by atoms with Gasteiger partial charge in [0.25, 0.3) is 10.0 Å². The number of alkyl halides is 9. The van der Waals surface area contributed by atoms with Gasteiger partial charge in [0.15, 0.2) is 0 Å². The molecule has 0 aromatic carbocycles. The van der Waals surface area contributed by atoms with Crippen LogP contribution in [0.5, 0.6) is 0 Å². The Labute approximate surface area is 101 Å². The molecule has 3 nitrogen and oxygen atoms in total. The van der Waals surface area contributed by atoms with Crippen molar-refractivity contribution in [2.75, 3.05) is 14.1 Å². The van der Waals surface area contributed by atoms with E-state index in [1.54, 1.807) is 0 Å². The smallest absolute Gasteiger partial charge is 0.206 e. The fourth-order valence-electron chi connectivity index (χ4n) is 0.752. The molecule has 0 aromatic rings. The SMILES string of the molecule is CN(C)S(=O)(=O)C(F)(F)C(F)(F)C(F)(F)C(F)(F)F. The number of rotatable bonds is 4. The molecule has 116 valence electrons. The summed E-state index contributed by atoms with van der Waals surface area (Å²) in [5.41, 5.74) is 0. The third-order valence-electron chi connectivity index (χ3n) is 1.92. The average Bonchev–Trinajstić information content (AvgIpc) is 2.14. The number of sulfonamides is 1. The van der Waals surface area contributed by atoms with Gasteiger partial charge in [-0.1, -0.05) is 0 Å². The van der Waals surface area contributed by atoms with Crippen LogP contribution >= 0.6 is 0 Å². The van der Waals surface area contributed by atoms with Gasteiger partial charge in [0.1, 0.15) is 0 Å². The van der Waals surface area contributed by atoms with Crippen molar-refractivity contribution in [2.45, 2.75) is 23.3 Å². The van der Waals surface area contributed by atoms with Crippen LogP contribution in [0.3, 0.4) is 0 Å². The van der Waals surface area contributed by atoms with Gasteiger partial charge < -0.3 is 0 Å². The summed E-state index contributed by atoms with van der Waals surface area (Å²) in [6.45, 7) is 0. The minimum Gasteiger partial charge on any atom is -0.206 e. The molecule has 0 saturated heterocycles. The predicted octanol–water partition coefficient (Wildman–Crippen LogP) is 2.30. The largest absolute Gasteiger partial charge is 0.460 e. The van der Waals surface area contributed by atoms with Gasteiger partial charge >= 0.3 is 23.3 Å². The normalized spacial score (nSPS) is 16.0. The fraction of sp³-hybridized carbons (Fsp3) is 1.00. The fourth-order valence-corrected chi connectivity index (χ4v) is 1.66. The third kappa shape index (κ3) is 2.37. The Morgan fingerprint density at radius 1 is 0.737 bits per heavy atom. The van der Waals surface area contributed by atoms with Crippen LogP contribution in [-0.4, -0.2) is 50.1 Å². The highest BCUT2D eigenvalue weighted by Crippen LogP contribution is 2.54. The molecule has 0 aromatic heterocycles. The molecule has 13 heteroatoms. The molecule has 0 N–H and O–H groups in total. The van der Waals surface area contributed by atoms with Crippen molar-refractivity contribution in [1.82, 2.24) is 4.31 Å². The summed E-state index contributed by atoms with van der Waals surface area (Å²) in [7, 11) is -5.87. The van der Waals surface area contributed by atoms with Crippen LogP contribution in [-0.2, 0) is 10.0 Å². The van der Waals surface area contributed by atoms with Gasteiger partial charge in [-0.2, -0.15) is 39.5 Å². The Morgan fingerprint density at radius 3 is 1.26 bits per heavy atom. The first-order valence-electron chi connectivity index (χ1n) is 4.07. The maximum atomic E-state index is 12.9. The van der Waals surface area contributed by atoms with Gasteiger partial charge in [0.05, 0.1) is 0 Å². The first-order chi connectivity index (χ1) is 7.94. The first-order valence-corrected chi connectivity index (χ1v) is 5.51. The Bertz CT molecular complexity index is 438. The summed E-state index contributed by atoms with van der Waals surface area (Å²) in [5, 5.41) is -6.65. The van der Waals surface area contributed by atoms with Crippen LogP contribution in [0.4, 0.5) is 39.5 Å². The van der Waals surface area contributed by atoms with Crippen molar-refractivity contribution in [3.05, 3.63) is 0 Å². The van der Waals surface area contributed by atoms with Crippen LogP contribution in [0, 0.1) is 0 Å². The summed E-state index contributed by atoms with van der Waals surface area (Å²) in [6.07, 6.45) is -7.05. The molecule has 0 aliphatic rings. The molecule has 0 radical (unpaired) electrons. The highest BCUT2D eigenvalue weighted by molar-refractivity contribution is 7.90. The van der Waals surface area contributed by atoms with Crippen LogP contribution in [0.25, 0.3) is 0 Å². The molecule has 0 bridgehead atoms. The summed E-state index contributed by atoms with van der Waals surface area (Å²) < 4.78 is 132. The lowest BCUT2D eigenvalue weighted by molar-refractivity contribution is -0.382. The Hall–Kier alpha value is -0.720. The zero-order valence-electron chi connectivity index (χ0n) is 9.07. The quantitative estimate of drug-likeness (QED) is 0.743. The minimum atomic E-state index is -7.23. The lowest BCUT2D eigenvalue weighted by Crippen LogP contribution is -2.64. The molecule has 0 aliphatic heterocycles. The molecule has 19 heavy (non-hydrogen) atoms. The molecule has 0 fully saturated rings. The first kappa shape index (κ1) is 18.3. The van der Waals surface area contributed by atoms with Crippen molar-refractivity contribution in [3.63, 3.8) is 0 Å². The highest BCUT2D eigenvalue weighted by atomic mass is 32.2. The van der Waals surface area contributed by atoms with Crippen molar-refractivity contribution in [3.8, 4) is 0 Å². The van der Waals surface area contributed by atoms with Crippen molar-refractivity contribution in [1.29, 1.82) is 0 Å². The number of nitrogens with zero attached hydrogens (tertiary/aromatic N) is 1. The molecule has 0 unspecified atom stereocenters. The molecule has 0 heterocycles. The number of hydrogen-bond acceptors (Lipinski definition) is 2. The molecule has 0 rings (SSSR count). The molecule has 0 aliphatic carbocycles. The standard InChI is InChI=1S/C6H6F9NO2S/c1-16(2)19(17,18)6(14,15)4(9,10)3(7,8)5(11,12)13/h1-2H3. The molecule has 0 saturated carbocycles. The molecular weight excluding hydrogens is 321 g/mol. The maximum Gasteiger partial charge on any atom is 0.460 e. The van der Waals surface area contributed by atoms with Crippen LogP contribution in [0.1, 0.15) is 0 Å². The van der Waals surface area contributed by atoms with Crippen molar-refractivity contribution in [2.24, 2.45) is 0 Å². The van der Waals surface area contributed by atoms with E-state index in [1.165, 1.54) is 0 Å². The summed E-state index contributed by atoms with van der Waals surface area (Å²) in [4.78, 5) is 0. The van der Waals surface area contributed by atoms with E-state index in [-0.39, 0.29) is 14.1 Å². The number of hydrogen-bond donors (Lipinski definition) is 0. The molecule has 0 amide bonds. The Morgan fingerprint density at radius 2 is 1.05 bits per heavy atom. The predicted molar refractivity (Wildman–Crippen MR) is 43.5 cm³/mol. The van der Waals surface area contributed by atoms with E-state index in [1.807, 2.05) is 0 Å². The zero-order chi connectivity index (χ0) is 16.1. The Balaban J connectivity index is 6.08. The van der Waals surface area contributed by atoms with Crippen LogP contribution < -0.4 is 0 Å². The van der Waals surface area contributed by atoms with E-state index in [9.17, 15) is 47.9 Å². The summed E-state index contributed by atoms with van der Waals surface area (Å²) in [5.74, 6) is -14.4. The van der Waals surface area contributed by atoms with Gasteiger partial charge in [-0.3, -0.25) is 0 Å². The van der Waals surface area contributed by atoms with E-state index in [4.69, 9.17) is 0 Å². The van der Waals surface area contributed by atoms with Gasteiger partial charge in [-0.25, -0.2) is 12.7 Å². The second-order valence-electron chi connectivity index (χ2n) is 3.45. The summed E-state index contributed by atoms with van der Waals surface area (Å²) >= 11 is 0. The van der Waals surface area contributed by atoms with Crippen molar-refractivity contribution < 1.29 is 47.9 Å². The average molecular weight is 327 g/mol. The van der Waals surface area contributed by atoms with Crippen LogP contribution in [0.2, 0.25) is 0 Å². The molecule has 0 spiro atoms. The van der Waals surface area contributed by atoms with E-state index >= 15 is 0 Å². The molecule has 0 atom stereocenters. The lowest BCUT2D eigenvalue weighted by atomic mass is 10.1. The van der Waals surface area contributed by atoms with Crippen LogP contribution in [0.15, 0.2) is 0 Å². The van der Waals surface area contributed by atoms with Gasteiger partial charge in [0, 0.05) is 14.1 Å². The zero-order valence-corrected chi connectivity index (χ0v) is 9.89. The lowest BCUT2D eigenvalue weighted by Gasteiger charge is -2.34. The maximum absolute atomic E-state index is 12.9. The second-order valence-corrected chi connectivity index (χ2v) is 5.64. The Kier molecular flexibility index (Phi) is 4.23. The third-order valence-corrected chi connectivity index (χ3v) is 3.79. The van der Waals surface area contributed by atoms with E-state index < -0.39 is 37.6 Å². The minimum absolute atomic E-state index is 0.269. The monoisotopic (exact) mass is 327 g/mol. The topological polar surface area (TPSA) is 37.4 Å². The van der Waals surface area contributed by atoms with Gasteiger partial charge in [-0.15, -0.1) is 0 Å². The summed E-state index contributed by atoms with van der Waals surface area (Å²) in [6, 6.07) is 0. The highest BCUT2D eigenvalue weighted by Gasteiger charge is 2.85. The second kappa shape index (κ2) is 4.40. The molecular formula is C6H6F9NO2S. The van der Waals surface area contributed by atoms with Gasteiger partial charge in [0.2, 0.25) is 0 Å². The number of halogens is 9. The van der Waals surface area contributed by atoms with E-state index in [0.717, 1.165) is 0 Å². The van der Waals surface area contributed by atoms with Gasteiger partial charge in [-0.05, 0) is 0 Å². The van der Waals surface area contributed by atoms with E-state index in [2.05, 4.69) is 0 Å². The van der Waals surface area contributed by atoms with Crippen molar-refractivity contribution >= 4 is 10.0 Å².